The van der Waals surface area contributed by atoms with E-state index in [-0.39, 0.29) is 29.4 Å². The van der Waals surface area contributed by atoms with E-state index in [0.29, 0.717) is 24.5 Å². The van der Waals surface area contributed by atoms with E-state index in [9.17, 15) is 18.0 Å². The Hall–Kier alpha value is -3.04. The predicted molar refractivity (Wildman–Crippen MR) is 118 cm³/mol. The Morgan fingerprint density at radius 1 is 0.903 bits per heavy atom. The number of sulfonamides is 1. The standard InChI is InChI=1S/C22H24N4O4S/c27-21-14-13-20(24-26(21)18-7-3-1-4-8-18)22(28)23-17-9-11-19(12-10-17)31(29,30)25-15-5-2-6-16-25/h1,3-4,7-12H,2,5-6,13-16H2,(H,23,28). The Morgan fingerprint density at radius 3 is 2.26 bits per heavy atom. The van der Waals surface area contributed by atoms with Gasteiger partial charge in [0.15, 0.2) is 0 Å². The minimum atomic E-state index is -3.52. The molecule has 1 saturated heterocycles. The van der Waals surface area contributed by atoms with Crippen molar-refractivity contribution in [1.82, 2.24) is 4.31 Å². The second-order valence-corrected chi connectivity index (χ2v) is 9.47. The van der Waals surface area contributed by atoms with Gasteiger partial charge in [0.05, 0.1) is 10.6 Å². The molecule has 2 aromatic carbocycles. The maximum absolute atomic E-state index is 12.8. The molecule has 0 aromatic heterocycles. The lowest BCUT2D eigenvalue weighted by Crippen LogP contribution is -2.36. The molecule has 1 N–H and O–H groups in total. The van der Waals surface area contributed by atoms with Crippen molar-refractivity contribution >= 4 is 38.9 Å². The van der Waals surface area contributed by atoms with Crippen molar-refractivity contribution in [2.45, 2.75) is 37.0 Å². The molecule has 2 aromatic rings. The van der Waals surface area contributed by atoms with Gasteiger partial charge < -0.3 is 5.32 Å². The second-order valence-electron chi connectivity index (χ2n) is 7.53. The van der Waals surface area contributed by atoms with Crippen LogP contribution in [-0.2, 0) is 19.6 Å². The van der Waals surface area contributed by atoms with E-state index in [2.05, 4.69) is 10.4 Å². The Labute approximate surface area is 181 Å². The van der Waals surface area contributed by atoms with Crippen LogP contribution in [0.4, 0.5) is 11.4 Å². The molecule has 162 valence electrons. The number of benzene rings is 2. The average molecular weight is 441 g/mol. The van der Waals surface area contributed by atoms with Crippen molar-refractivity contribution in [1.29, 1.82) is 0 Å². The molecule has 0 aliphatic carbocycles. The maximum Gasteiger partial charge on any atom is 0.271 e. The van der Waals surface area contributed by atoms with E-state index >= 15 is 0 Å². The van der Waals surface area contributed by atoms with Crippen LogP contribution in [0.3, 0.4) is 0 Å². The third-order valence-electron chi connectivity index (χ3n) is 5.36. The Morgan fingerprint density at radius 2 is 1.58 bits per heavy atom. The molecular formula is C22H24N4O4S. The van der Waals surface area contributed by atoms with E-state index in [4.69, 9.17) is 0 Å². The lowest BCUT2D eigenvalue weighted by Gasteiger charge is -2.26. The molecular weight excluding hydrogens is 416 g/mol. The first kappa shape index (κ1) is 21.2. The fraction of sp³-hybridized carbons (Fsp3) is 0.318. The minimum absolute atomic E-state index is 0.171. The summed E-state index contributed by atoms with van der Waals surface area (Å²) in [5, 5.41) is 8.22. The molecule has 0 unspecified atom stereocenters. The molecule has 0 radical (unpaired) electrons. The van der Waals surface area contributed by atoms with Crippen LogP contribution in [0.25, 0.3) is 0 Å². The van der Waals surface area contributed by atoms with E-state index in [1.807, 2.05) is 6.07 Å². The van der Waals surface area contributed by atoms with Gasteiger partial charge in [0, 0.05) is 31.6 Å². The van der Waals surface area contributed by atoms with Crippen molar-refractivity contribution in [3.63, 3.8) is 0 Å². The molecule has 0 spiro atoms. The van der Waals surface area contributed by atoms with Gasteiger partial charge in [-0.3, -0.25) is 9.59 Å². The van der Waals surface area contributed by atoms with E-state index in [1.165, 1.54) is 21.4 Å². The number of hydrazone groups is 1. The number of rotatable bonds is 5. The van der Waals surface area contributed by atoms with Crippen LogP contribution in [-0.4, -0.2) is 43.3 Å². The number of nitrogens with zero attached hydrogens (tertiary/aromatic N) is 3. The van der Waals surface area contributed by atoms with E-state index < -0.39 is 15.9 Å². The summed E-state index contributed by atoms with van der Waals surface area (Å²) in [5.74, 6) is -0.588. The highest BCUT2D eigenvalue weighted by molar-refractivity contribution is 7.89. The summed E-state index contributed by atoms with van der Waals surface area (Å²) in [7, 11) is -3.52. The van der Waals surface area contributed by atoms with Crippen LogP contribution in [0.5, 0.6) is 0 Å². The Kier molecular flexibility index (Phi) is 6.15. The fourth-order valence-electron chi connectivity index (χ4n) is 3.66. The first-order valence-electron chi connectivity index (χ1n) is 10.3. The zero-order chi connectivity index (χ0) is 21.8. The normalized spacial score (nSPS) is 17.9. The zero-order valence-electron chi connectivity index (χ0n) is 17.0. The van der Waals surface area contributed by atoms with Crippen molar-refractivity contribution in [2.24, 2.45) is 5.10 Å². The molecule has 0 atom stereocenters. The van der Waals surface area contributed by atoms with Gasteiger partial charge in [-0.1, -0.05) is 24.6 Å². The minimum Gasteiger partial charge on any atom is -0.321 e. The smallest absolute Gasteiger partial charge is 0.271 e. The van der Waals surface area contributed by atoms with Gasteiger partial charge >= 0.3 is 0 Å². The predicted octanol–water partition coefficient (Wildman–Crippen LogP) is 2.98. The van der Waals surface area contributed by atoms with E-state index in [1.54, 1.807) is 36.4 Å². The van der Waals surface area contributed by atoms with Crippen LogP contribution < -0.4 is 10.3 Å². The summed E-state index contributed by atoms with van der Waals surface area (Å²) in [5.41, 5.74) is 1.31. The molecule has 1 fully saturated rings. The van der Waals surface area contributed by atoms with E-state index in [0.717, 1.165) is 19.3 Å². The number of para-hydroxylation sites is 1. The monoisotopic (exact) mass is 440 g/mol. The molecule has 8 nitrogen and oxygen atoms in total. The lowest BCUT2D eigenvalue weighted by molar-refractivity contribution is -0.118. The quantitative estimate of drug-likeness (QED) is 0.773. The number of nitrogens with one attached hydrogen (secondary N) is 1. The highest BCUT2D eigenvalue weighted by atomic mass is 32.2. The van der Waals surface area contributed by atoms with Gasteiger partial charge in [-0.05, 0) is 49.2 Å². The molecule has 2 amide bonds. The van der Waals surface area contributed by atoms with Crippen LogP contribution in [0.2, 0.25) is 0 Å². The summed E-state index contributed by atoms with van der Waals surface area (Å²) in [6.07, 6.45) is 3.23. The molecule has 9 heteroatoms. The first-order valence-corrected chi connectivity index (χ1v) is 11.8. The summed E-state index contributed by atoms with van der Waals surface area (Å²) >= 11 is 0. The lowest BCUT2D eigenvalue weighted by atomic mass is 10.1. The fourth-order valence-corrected chi connectivity index (χ4v) is 5.17. The molecule has 4 rings (SSSR count). The topological polar surface area (TPSA) is 99.2 Å². The number of piperidine rings is 1. The highest BCUT2D eigenvalue weighted by Gasteiger charge is 2.27. The molecule has 0 saturated carbocycles. The Bertz CT molecular complexity index is 1090. The maximum atomic E-state index is 12.8. The first-order chi connectivity index (χ1) is 14.9. The van der Waals surface area contributed by atoms with Gasteiger partial charge in [-0.2, -0.15) is 9.41 Å². The van der Waals surface area contributed by atoms with Gasteiger partial charge in [-0.15, -0.1) is 0 Å². The van der Waals surface area contributed by atoms with Crippen LogP contribution in [0, 0.1) is 0 Å². The molecule has 0 bridgehead atoms. The van der Waals surface area contributed by atoms with Crippen molar-refractivity contribution in [3.05, 3.63) is 54.6 Å². The number of carbonyl (C=O) groups is 2. The molecule has 2 aliphatic rings. The van der Waals surface area contributed by atoms with Gasteiger partial charge in [-0.25, -0.2) is 13.4 Å². The number of hydrogen-bond acceptors (Lipinski definition) is 5. The van der Waals surface area contributed by atoms with Crippen molar-refractivity contribution in [2.75, 3.05) is 23.4 Å². The largest absolute Gasteiger partial charge is 0.321 e. The third-order valence-corrected chi connectivity index (χ3v) is 7.27. The van der Waals surface area contributed by atoms with Gasteiger partial charge in [0.1, 0.15) is 5.71 Å². The summed E-state index contributed by atoms with van der Waals surface area (Å²) in [4.78, 5) is 25.1. The Balaban J connectivity index is 1.47. The van der Waals surface area contributed by atoms with Gasteiger partial charge in [0.2, 0.25) is 15.9 Å². The molecule has 2 heterocycles. The SMILES string of the molecule is O=C(Nc1ccc(S(=O)(=O)N2CCCCC2)cc1)C1=NN(c2ccccc2)C(=O)CC1. The van der Waals surface area contributed by atoms with Gasteiger partial charge in [0.25, 0.3) is 5.91 Å². The van der Waals surface area contributed by atoms with Crippen LogP contribution >= 0.6 is 0 Å². The average Bonchev–Trinajstić information content (AvgIpc) is 2.81. The highest BCUT2D eigenvalue weighted by Crippen LogP contribution is 2.23. The van der Waals surface area contributed by atoms with Crippen molar-refractivity contribution in [3.8, 4) is 0 Å². The zero-order valence-corrected chi connectivity index (χ0v) is 17.8. The third kappa shape index (κ3) is 4.67. The summed E-state index contributed by atoms with van der Waals surface area (Å²) < 4.78 is 27.0. The van der Waals surface area contributed by atoms with Crippen LogP contribution in [0.1, 0.15) is 32.1 Å². The van der Waals surface area contributed by atoms with Crippen LogP contribution in [0.15, 0.2) is 64.6 Å². The number of hydrogen-bond donors (Lipinski definition) is 1. The second kappa shape index (κ2) is 8.99. The van der Waals surface area contributed by atoms with Crippen molar-refractivity contribution < 1.29 is 18.0 Å². The summed E-state index contributed by atoms with van der Waals surface area (Å²) in [6, 6.07) is 15.1. The molecule has 2 aliphatic heterocycles. The summed E-state index contributed by atoms with van der Waals surface area (Å²) in [6.45, 7) is 1.08. The number of amides is 2. The number of carbonyl (C=O) groups excluding carboxylic acids is 2. The number of anilines is 2. The molecule has 31 heavy (non-hydrogen) atoms.